The highest BCUT2D eigenvalue weighted by atomic mass is 15.1. The van der Waals surface area contributed by atoms with E-state index in [4.69, 9.17) is 0 Å². The fourth-order valence-electron chi connectivity index (χ4n) is 3.52. The highest BCUT2D eigenvalue weighted by molar-refractivity contribution is 5.35. The van der Waals surface area contributed by atoms with Crippen LogP contribution >= 0.6 is 0 Å². The van der Waals surface area contributed by atoms with Crippen LogP contribution in [0.1, 0.15) is 32.6 Å². The van der Waals surface area contributed by atoms with Crippen LogP contribution in [0.15, 0.2) is 23.3 Å². The van der Waals surface area contributed by atoms with Crippen molar-refractivity contribution in [2.45, 2.75) is 32.6 Å². The van der Waals surface area contributed by atoms with Gasteiger partial charge in [-0.15, -0.1) is 0 Å². The van der Waals surface area contributed by atoms with Gasteiger partial charge in [0, 0.05) is 19.0 Å². The Bertz CT molecular complexity index is 310. The van der Waals surface area contributed by atoms with Gasteiger partial charge in [0.25, 0.3) is 0 Å². The minimum atomic E-state index is 0.686. The summed E-state index contributed by atoms with van der Waals surface area (Å²) in [5.41, 5.74) is 3.29. The molecule has 1 aliphatic carbocycles. The van der Waals surface area contributed by atoms with Crippen molar-refractivity contribution in [3.63, 3.8) is 0 Å². The lowest BCUT2D eigenvalue weighted by Gasteiger charge is -2.23. The summed E-state index contributed by atoms with van der Waals surface area (Å²) in [5, 5.41) is 0. The minimum Gasteiger partial charge on any atom is -0.299 e. The number of hydrogen-bond acceptors (Lipinski definition) is 2. The molecule has 0 atom stereocenters. The van der Waals surface area contributed by atoms with Crippen LogP contribution in [0.2, 0.25) is 0 Å². The Hall–Kier alpha value is -0.600. The molecule has 2 aliphatic heterocycles. The normalized spacial score (nSPS) is 26.9. The lowest BCUT2D eigenvalue weighted by atomic mass is 9.97. The zero-order valence-electron chi connectivity index (χ0n) is 11.7. The maximum atomic E-state index is 2.62. The first kappa shape index (κ1) is 12.4. The van der Waals surface area contributed by atoms with Gasteiger partial charge in [-0.05, 0) is 63.0 Å². The van der Waals surface area contributed by atoms with Gasteiger partial charge in [0.05, 0.1) is 0 Å². The van der Waals surface area contributed by atoms with Gasteiger partial charge < -0.3 is 0 Å². The second-order valence-corrected chi connectivity index (χ2v) is 6.17. The SMILES string of the molecule is CC1C(CN2CCCC2)=CC=C1CN1CCCC1. The van der Waals surface area contributed by atoms with Gasteiger partial charge in [0.2, 0.25) is 0 Å². The van der Waals surface area contributed by atoms with Crippen LogP contribution in [-0.4, -0.2) is 49.1 Å². The maximum absolute atomic E-state index is 2.62. The molecule has 0 aromatic rings. The van der Waals surface area contributed by atoms with Crippen LogP contribution in [-0.2, 0) is 0 Å². The Morgan fingerprint density at radius 1 is 0.833 bits per heavy atom. The van der Waals surface area contributed by atoms with Crippen molar-refractivity contribution in [1.82, 2.24) is 9.80 Å². The van der Waals surface area contributed by atoms with Crippen LogP contribution < -0.4 is 0 Å². The number of likely N-dealkylation sites (tertiary alicyclic amines) is 2. The molecule has 0 unspecified atom stereocenters. The summed E-state index contributed by atoms with van der Waals surface area (Å²) in [6, 6.07) is 0. The molecule has 0 spiro atoms. The molecule has 2 heteroatoms. The Labute approximate surface area is 111 Å². The summed E-state index contributed by atoms with van der Waals surface area (Å²) in [5.74, 6) is 0.686. The molecule has 0 aromatic carbocycles. The van der Waals surface area contributed by atoms with E-state index >= 15 is 0 Å². The smallest absolute Gasteiger partial charge is 0.0201 e. The van der Waals surface area contributed by atoms with E-state index in [0.717, 1.165) is 0 Å². The first-order chi connectivity index (χ1) is 8.83. The van der Waals surface area contributed by atoms with Crippen molar-refractivity contribution in [2.24, 2.45) is 5.92 Å². The Kier molecular flexibility index (Phi) is 3.86. The molecule has 0 amide bonds. The molecule has 3 rings (SSSR count). The highest BCUT2D eigenvalue weighted by Gasteiger charge is 2.24. The molecule has 0 radical (unpaired) electrons. The molecule has 2 fully saturated rings. The predicted molar refractivity (Wildman–Crippen MR) is 76.7 cm³/mol. The molecule has 3 aliphatic rings. The van der Waals surface area contributed by atoms with E-state index in [2.05, 4.69) is 28.9 Å². The van der Waals surface area contributed by atoms with Gasteiger partial charge >= 0.3 is 0 Å². The zero-order chi connectivity index (χ0) is 12.4. The molecule has 2 saturated heterocycles. The third-order valence-corrected chi connectivity index (χ3v) is 4.83. The third-order valence-electron chi connectivity index (χ3n) is 4.83. The lowest BCUT2D eigenvalue weighted by Crippen LogP contribution is -2.26. The van der Waals surface area contributed by atoms with Gasteiger partial charge in [0.15, 0.2) is 0 Å². The van der Waals surface area contributed by atoms with E-state index in [0.29, 0.717) is 5.92 Å². The van der Waals surface area contributed by atoms with E-state index in [9.17, 15) is 0 Å². The summed E-state index contributed by atoms with van der Waals surface area (Å²) >= 11 is 0. The topological polar surface area (TPSA) is 6.48 Å². The molecule has 18 heavy (non-hydrogen) atoms. The van der Waals surface area contributed by atoms with Gasteiger partial charge in [-0.3, -0.25) is 9.80 Å². The van der Waals surface area contributed by atoms with Crippen LogP contribution in [0.25, 0.3) is 0 Å². The van der Waals surface area contributed by atoms with Crippen LogP contribution in [0.5, 0.6) is 0 Å². The average Bonchev–Trinajstić information content (AvgIpc) is 3.08. The van der Waals surface area contributed by atoms with E-state index in [1.54, 1.807) is 11.1 Å². The first-order valence-electron chi connectivity index (χ1n) is 7.67. The summed E-state index contributed by atoms with van der Waals surface area (Å²) in [4.78, 5) is 5.24. The van der Waals surface area contributed by atoms with Crippen molar-refractivity contribution in [2.75, 3.05) is 39.3 Å². The fourth-order valence-corrected chi connectivity index (χ4v) is 3.52. The zero-order valence-corrected chi connectivity index (χ0v) is 11.7. The minimum absolute atomic E-state index is 0.686. The van der Waals surface area contributed by atoms with Crippen molar-refractivity contribution in [3.8, 4) is 0 Å². The molecule has 0 saturated carbocycles. The van der Waals surface area contributed by atoms with Crippen molar-refractivity contribution in [1.29, 1.82) is 0 Å². The summed E-state index contributed by atoms with van der Waals surface area (Å²) in [6.45, 7) is 10.1. The Morgan fingerprint density at radius 3 is 1.61 bits per heavy atom. The largest absolute Gasteiger partial charge is 0.299 e. The van der Waals surface area contributed by atoms with Gasteiger partial charge in [-0.2, -0.15) is 0 Å². The molecule has 2 nitrogen and oxygen atoms in total. The van der Waals surface area contributed by atoms with E-state index in [1.165, 1.54) is 65.0 Å². The number of allylic oxidation sites excluding steroid dienone is 2. The van der Waals surface area contributed by atoms with Gasteiger partial charge in [0.1, 0.15) is 0 Å². The molecular formula is C16H26N2. The predicted octanol–water partition coefficient (Wildman–Crippen LogP) is 2.68. The van der Waals surface area contributed by atoms with E-state index < -0.39 is 0 Å². The maximum Gasteiger partial charge on any atom is 0.0201 e. The first-order valence-corrected chi connectivity index (χ1v) is 7.67. The standard InChI is InChI=1S/C16H26N2/c1-14-15(12-17-8-2-3-9-17)6-7-16(14)13-18-10-4-5-11-18/h6-7,14H,2-5,8-13H2,1H3. The summed E-state index contributed by atoms with van der Waals surface area (Å²) in [7, 11) is 0. The average molecular weight is 246 g/mol. The van der Waals surface area contributed by atoms with Crippen molar-refractivity contribution in [3.05, 3.63) is 23.3 Å². The summed E-state index contributed by atoms with van der Waals surface area (Å²) in [6.07, 6.45) is 10.4. The molecule has 0 aromatic heterocycles. The lowest BCUT2D eigenvalue weighted by molar-refractivity contribution is 0.346. The van der Waals surface area contributed by atoms with Crippen LogP contribution in [0.3, 0.4) is 0 Å². The Morgan fingerprint density at radius 2 is 1.22 bits per heavy atom. The van der Waals surface area contributed by atoms with E-state index in [1.807, 2.05) is 0 Å². The quantitative estimate of drug-likeness (QED) is 0.752. The number of hydrogen-bond donors (Lipinski definition) is 0. The molecule has 0 bridgehead atoms. The second kappa shape index (κ2) is 5.58. The van der Waals surface area contributed by atoms with E-state index in [-0.39, 0.29) is 0 Å². The fraction of sp³-hybridized carbons (Fsp3) is 0.750. The van der Waals surface area contributed by atoms with Gasteiger partial charge in [-0.25, -0.2) is 0 Å². The second-order valence-electron chi connectivity index (χ2n) is 6.17. The molecular weight excluding hydrogens is 220 g/mol. The van der Waals surface area contributed by atoms with Gasteiger partial charge in [-0.1, -0.05) is 19.1 Å². The van der Waals surface area contributed by atoms with Crippen LogP contribution in [0, 0.1) is 5.92 Å². The van der Waals surface area contributed by atoms with Crippen molar-refractivity contribution >= 4 is 0 Å². The highest BCUT2D eigenvalue weighted by Crippen LogP contribution is 2.29. The van der Waals surface area contributed by atoms with Crippen LogP contribution in [0.4, 0.5) is 0 Å². The monoisotopic (exact) mass is 246 g/mol. The molecule has 0 N–H and O–H groups in total. The number of rotatable bonds is 4. The third kappa shape index (κ3) is 2.70. The molecule has 2 heterocycles. The van der Waals surface area contributed by atoms with Crippen molar-refractivity contribution < 1.29 is 0 Å². The Balaban J connectivity index is 1.51. The number of nitrogens with zero attached hydrogens (tertiary/aromatic N) is 2. The molecule has 100 valence electrons. The summed E-state index contributed by atoms with van der Waals surface area (Å²) < 4.78 is 0.